The molecule has 0 radical (unpaired) electrons. The maximum absolute atomic E-state index is 12.6. The van der Waals surface area contributed by atoms with Crippen LogP contribution >= 0.6 is 0 Å². The molecule has 2 heterocycles. The van der Waals surface area contributed by atoms with Crippen molar-refractivity contribution in [2.45, 2.75) is 25.1 Å². The number of fused-ring (bicyclic) bond motifs is 1. The van der Waals surface area contributed by atoms with Crippen molar-refractivity contribution in [3.63, 3.8) is 0 Å². The summed E-state index contributed by atoms with van der Waals surface area (Å²) < 4.78 is 50.2. The van der Waals surface area contributed by atoms with E-state index < -0.39 is 24.8 Å². The van der Waals surface area contributed by atoms with E-state index in [2.05, 4.69) is 4.99 Å². The number of pyridine rings is 1. The Kier molecular flexibility index (Phi) is 6.61. The summed E-state index contributed by atoms with van der Waals surface area (Å²) in [5.41, 5.74) is 7.47. The molecule has 1 aliphatic rings. The predicted octanol–water partition coefficient (Wildman–Crippen LogP) is 3.77. The minimum Gasteiger partial charge on any atom is -0.496 e. The molecule has 2 aromatic rings. The van der Waals surface area contributed by atoms with E-state index in [0.717, 1.165) is 11.8 Å². The average Bonchev–Trinajstić information content (AvgIpc) is 3.20. The molecule has 1 atom stereocenters. The van der Waals surface area contributed by atoms with Gasteiger partial charge in [-0.15, -0.1) is 0 Å². The van der Waals surface area contributed by atoms with Gasteiger partial charge >= 0.3 is 12.0 Å². The smallest absolute Gasteiger partial charge is 0.389 e. The Hall–Kier alpha value is -3.69. The molecule has 3 rings (SSSR count). The number of Topliss-reactive ketones (excluding diaryl/α,β-unsaturated/α-hetero) is 1. The second-order valence-corrected chi connectivity index (χ2v) is 7.01. The molecule has 0 bridgehead atoms. The maximum Gasteiger partial charge on any atom is 0.389 e. The second-order valence-electron chi connectivity index (χ2n) is 7.01. The van der Waals surface area contributed by atoms with Crippen molar-refractivity contribution in [1.29, 1.82) is 5.41 Å². The number of nitrogens with zero attached hydrogens (tertiary/aromatic N) is 2. The first-order chi connectivity index (χ1) is 15.2. The van der Waals surface area contributed by atoms with E-state index in [0.29, 0.717) is 17.0 Å². The average molecular weight is 447 g/mol. The number of halogens is 3. The summed E-state index contributed by atoms with van der Waals surface area (Å²) in [6.07, 6.45) is -0.412. The molecule has 0 spiro atoms. The Morgan fingerprint density at radius 1 is 1.25 bits per heavy atom. The van der Waals surface area contributed by atoms with Gasteiger partial charge in [0, 0.05) is 36.0 Å². The van der Waals surface area contributed by atoms with Gasteiger partial charge < -0.3 is 20.6 Å². The SMILES string of the molecule is COc1cc(C2C=Nc3cc(/C(C=N)=C/N)cc[n+]32)cc(OC)c1C(=O)CCC(F)(F)F. The van der Waals surface area contributed by atoms with Crippen molar-refractivity contribution in [3.8, 4) is 11.5 Å². The topological polar surface area (TPSA) is 102 Å². The summed E-state index contributed by atoms with van der Waals surface area (Å²) in [7, 11) is 2.68. The third-order valence-electron chi connectivity index (χ3n) is 5.06. The van der Waals surface area contributed by atoms with Gasteiger partial charge in [-0.25, -0.2) is 4.57 Å². The lowest BCUT2D eigenvalue weighted by molar-refractivity contribution is -0.679. The number of ketones is 1. The van der Waals surface area contributed by atoms with E-state index in [1.54, 1.807) is 36.7 Å². The van der Waals surface area contributed by atoms with Crippen molar-refractivity contribution in [1.82, 2.24) is 0 Å². The highest BCUT2D eigenvalue weighted by molar-refractivity contribution is 6.08. The summed E-state index contributed by atoms with van der Waals surface area (Å²) in [5.74, 6) is 0.163. The highest BCUT2D eigenvalue weighted by atomic mass is 19.4. The fourth-order valence-corrected chi connectivity index (χ4v) is 3.47. The number of methoxy groups -OCH3 is 2. The molecule has 0 aliphatic carbocycles. The number of hydrogen-bond donors (Lipinski definition) is 2. The minimum atomic E-state index is -4.44. The number of nitrogens with two attached hydrogens (primary N) is 1. The zero-order valence-corrected chi connectivity index (χ0v) is 17.4. The maximum atomic E-state index is 12.6. The van der Waals surface area contributed by atoms with Crippen LogP contribution in [0.3, 0.4) is 0 Å². The van der Waals surface area contributed by atoms with Gasteiger partial charge in [0.15, 0.2) is 18.0 Å². The molecular formula is C22H22F3N4O3+. The van der Waals surface area contributed by atoms with Crippen LogP contribution in [0.1, 0.15) is 40.4 Å². The minimum absolute atomic E-state index is 0.0257. The zero-order valence-electron chi connectivity index (χ0n) is 17.4. The van der Waals surface area contributed by atoms with Crippen molar-refractivity contribution in [2.75, 3.05) is 14.2 Å². The molecule has 1 aromatic heterocycles. The molecule has 0 saturated heterocycles. The molecule has 1 aliphatic heterocycles. The molecule has 1 aromatic carbocycles. The van der Waals surface area contributed by atoms with Gasteiger partial charge in [0.25, 0.3) is 0 Å². The lowest BCUT2D eigenvalue weighted by Gasteiger charge is -2.16. The number of hydrogen-bond acceptors (Lipinski definition) is 6. The molecule has 0 amide bonds. The van der Waals surface area contributed by atoms with Gasteiger partial charge in [0.05, 0.1) is 26.8 Å². The Labute approximate surface area is 182 Å². The fraction of sp³-hybridized carbons (Fsp3) is 0.273. The quantitative estimate of drug-likeness (QED) is 0.365. The van der Waals surface area contributed by atoms with Crippen LogP contribution in [-0.4, -0.2) is 38.6 Å². The number of allylic oxidation sites excluding steroid dienone is 1. The van der Waals surface area contributed by atoms with E-state index in [9.17, 15) is 18.0 Å². The number of aliphatic imine (C=N–C) groups is 1. The third kappa shape index (κ3) is 4.63. The van der Waals surface area contributed by atoms with Gasteiger partial charge in [-0.2, -0.15) is 13.2 Å². The van der Waals surface area contributed by atoms with Crippen LogP contribution in [0.5, 0.6) is 11.5 Å². The number of ether oxygens (including phenoxy) is 2. The van der Waals surface area contributed by atoms with E-state index in [4.69, 9.17) is 20.6 Å². The second kappa shape index (κ2) is 9.21. The van der Waals surface area contributed by atoms with Gasteiger partial charge in [-0.3, -0.25) is 4.79 Å². The van der Waals surface area contributed by atoms with Gasteiger partial charge in [-0.05, 0) is 28.8 Å². The van der Waals surface area contributed by atoms with Crippen LogP contribution in [-0.2, 0) is 0 Å². The predicted molar refractivity (Wildman–Crippen MR) is 113 cm³/mol. The van der Waals surface area contributed by atoms with Crippen LogP contribution in [0.25, 0.3) is 5.57 Å². The van der Waals surface area contributed by atoms with Crippen molar-refractivity contribution < 1.29 is 32.0 Å². The Bertz CT molecular complexity index is 1090. The monoisotopic (exact) mass is 447 g/mol. The van der Waals surface area contributed by atoms with Crippen LogP contribution in [0.2, 0.25) is 0 Å². The first-order valence-corrected chi connectivity index (χ1v) is 9.60. The Balaban J connectivity index is 1.98. The van der Waals surface area contributed by atoms with E-state index >= 15 is 0 Å². The van der Waals surface area contributed by atoms with Crippen LogP contribution in [0.15, 0.2) is 41.7 Å². The standard InChI is InChI=1S/C22H21F3N4O3/c1-31-18-7-14(8-19(32-2)21(18)17(30)3-5-22(23,24)25)16-12-28-20-9-13(4-6-29(16)20)15(10-26)11-27/h4,6-12,16,26-27H,3,5H2,1-2H3/p+1. The van der Waals surface area contributed by atoms with Gasteiger partial charge in [0.2, 0.25) is 0 Å². The molecular weight excluding hydrogens is 425 g/mol. The third-order valence-corrected chi connectivity index (χ3v) is 5.06. The van der Waals surface area contributed by atoms with Crippen molar-refractivity contribution >= 4 is 29.6 Å². The van der Waals surface area contributed by atoms with Crippen molar-refractivity contribution in [2.24, 2.45) is 10.7 Å². The largest absolute Gasteiger partial charge is 0.496 e. The number of carbonyl (C=O) groups excluding carboxylic acids is 1. The first kappa shape index (κ1) is 23.0. The number of carbonyl (C=O) groups is 1. The lowest BCUT2D eigenvalue weighted by atomic mass is 9.98. The number of alkyl halides is 3. The molecule has 1 unspecified atom stereocenters. The molecule has 3 N–H and O–H groups in total. The molecule has 7 nitrogen and oxygen atoms in total. The molecule has 0 fully saturated rings. The molecule has 0 saturated carbocycles. The van der Waals surface area contributed by atoms with Crippen LogP contribution < -0.4 is 19.8 Å². The summed E-state index contributed by atoms with van der Waals surface area (Å²) in [5, 5.41) is 7.44. The highest BCUT2D eigenvalue weighted by Gasteiger charge is 2.33. The highest BCUT2D eigenvalue weighted by Crippen LogP contribution is 2.36. The zero-order chi connectivity index (χ0) is 23.5. The Morgan fingerprint density at radius 2 is 1.91 bits per heavy atom. The lowest BCUT2D eigenvalue weighted by Crippen LogP contribution is -2.37. The summed E-state index contributed by atoms with van der Waals surface area (Å²) in [6.45, 7) is 0. The summed E-state index contributed by atoms with van der Waals surface area (Å²) in [6, 6.07) is 6.41. The van der Waals surface area contributed by atoms with Gasteiger partial charge in [-0.1, -0.05) is 0 Å². The number of aromatic nitrogens is 1. The first-order valence-electron chi connectivity index (χ1n) is 9.60. The van der Waals surface area contributed by atoms with E-state index in [1.807, 2.05) is 4.57 Å². The van der Waals surface area contributed by atoms with Crippen LogP contribution in [0, 0.1) is 5.41 Å². The Morgan fingerprint density at radius 3 is 2.44 bits per heavy atom. The van der Waals surface area contributed by atoms with E-state index in [1.165, 1.54) is 20.4 Å². The fourth-order valence-electron chi connectivity index (χ4n) is 3.47. The van der Waals surface area contributed by atoms with Gasteiger partial charge in [0.1, 0.15) is 17.1 Å². The summed E-state index contributed by atoms with van der Waals surface area (Å²) in [4.78, 5) is 16.9. The molecule has 10 heteroatoms. The number of benzene rings is 1. The molecule has 32 heavy (non-hydrogen) atoms. The molecule has 168 valence electrons. The van der Waals surface area contributed by atoms with Crippen LogP contribution in [0.4, 0.5) is 19.0 Å². The van der Waals surface area contributed by atoms with E-state index in [-0.39, 0.29) is 23.1 Å². The number of nitrogens with one attached hydrogen (secondary N) is 1. The normalized spacial score (nSPS) is 15.4. The number of rotatable bonds is 8. The summed E-state index contributed by atoms with van der Waals surface area (Å²) >= 11 is 0. The van der Waals surface area contributed by atoms with Crippen molar-refractivity contribution in [3.05, 3.63) is 53.4 Å².